The van der Waals surface area contributed by atoms with E-state index >= 15 is 0 Å². The van der Waals surface area contributed by atoms with Gasteiger partial charge in [-0.3, -0.25) is 4.90 Å². The largest absolute Gasteiger partial charge is 0.395 e. The summed E-state index contributed by atoms with van der Waals surface area (Å²) in [6.45, 7) is 10.1. The van der Waals surface area contributed by atoms with Crippen LogP contribution in [-0.2, 0) is 4.74 Å². The van der Waals surface area contributed by atoms with E-state index < -0.39 is 0 Å². The predicted molar refractivity (Wildman–Crippen MR) is 64.5 cm³/mol. The van der Waals surface area contributed by atoms with Crippen LogP contribution in [0.25, 0.3) is 0 Å². The van der Waals surface area contributed by atoms with Crippen LogP contribution in [0.4, 0.5) is 0 Å². The van der Waals surface area contributed by atoms with E-state index in [0.29, 0.717) is 12.1 Å². The molecule has 0 aliphatic carbocycles. The van der Waals surface area contributed by atoms with Gasteiger partial charge in [-0.1, -0.05) is 0 Å². The molecule has 2 aliphatic rings. The molecule has 0 bridgehead atoms. The molecule has 0 saturated carbocycles. The Balaban J connectivity index is 2.14. The summed E-state index contributed by atoms with van der Waals surface area (Å²) in [5, 5.41) is 9.41. The lowest BCUT2D eigenvalue weighted by molar-refractivity contribution is -0.0828. The van der Waals surface area contributed by atoms with Crippen molar-refractivity contribution in [1.82, 2.24) is 4.90 Å². The molecule has 0 amide bonds. The van der Waals surface area contributed by atoms with E-state index in [-0.39, 0.29) is 17.8 Å². The van der Waals surface area contributed by atoms with Gasteiger partial charge < -0.3 is 9.84 Å². The minimum Gasteiger partial charge on any atom is -0.395 e. The minimum atomic E-state index is -0.0960. The summed E-state index contributed by atoms with van der Waals surface area (Å²) in [5.41, 5.74) is -0.127. The molecular weight excluding hydrogens is 202 g/mol. The normalized spacial score (nSPS) is 38.1. The van der Waals surface area contributed by atoms with Gasteiger partial charge in [0.05, 0.1) is 17.8 Å². The van der Waals surface area contributed by atoms with Gasteiger partial charge in [-0.2, -0.15) is 0 Å². The van der Waals surface area contributed by atoms with Gasteiger partial charge in [-0.15, -0.1) is 0 Å². The molecule has 3 heteroatoms. The summed E-state index contributed by atoms with van der Waals surface area (Å²) in [6.07, 6.45) is 3.40. The first-order chi connectivity index (χ1) is 7.36. The van der Waals surface area contributed by atoms with E-state index in [1.807, 2.05) is 0 Å². The van der Waals surface area contributed by atoms with Crippen LogP contribution in [0.3, 0.4) is 0 Å². The van der Waals surface area contributed by atoms with Crippen LogP contribution in [0.15, 0.2) is 0 Å². The molecule has 0 aromatic carbocycles. The molecule has 1 N–H and O–H groups in total. The highest BCUT2D eigenvalue weighted by atomic mass is 16.5. The zero-order valence-electron chi connectivity index (χ0n) is 11.0. The molecule has 2 heterocycles. The summed E-state index contributed by atoms with van der Waals surface area (Å²) in [5.74, 6) is 0. The number of ether oxygens (including phenoxy) is 1. The van der Waals surface area contributed by atoms with E-state index in [1.54, 1.807) is 0 Å². The van der Waals surface area contributed by atoms with Crippen LogP contribution in [-0.4, -0.2) is 46.4 Å². The maximum absolute atomic E-state index is 9.41. The Labute approximate surface area is 98.8 Å². The fraction of sp³-hybridized carbons (Fsp3) is 1.00. The third kappa shape index (κ3) is 2.13. The summed E-state index contributed by atoms with van der Waals surface area (Å²) in [6, 6.07) is 0.795. The molecule has 2 atom stereocenters. The van der Waals surface area contributed by atoms with Crippen molar-refractivity contribution in [2.75, 3.05) is 13.2 Å². The number of hydrogen-bond acceptors (Lipinski definition) is 3. The lowest BCUT2D eigenvalue weighted by Gasteiger charge is -2.36. The van der Waals surface area contributed by atoms with Crippen molar-refractivity contribution in [1.29, 1.82) is 0 Å². The fourth-order valence-electron chi connectivity index (χ4n) is 3.51. The molecule has 0 aromatic rings. The van der Waals surface area contributed by atoms with Gasteiger partial charge in [0.15, 0.2) is 0 Å². The Bertz CT molecular complexity index is 263. The van der Waals surface area contributed by atoms with Crippen molar-refractivity contribution >= 4 is 0 Å². The van der Waals surface area contributed by atoms with Crippen molar-refractivity contribution in [3.8, 4) is 0 Å². The average Bonchev–Trinajstić information content (AvgIpc) is 2.66. The van der Waals surface area contributed by atoms with Crippen LogP contribution in [0.2, 0.25) is 0 Å². The van der Waals surface area contributed by atoms with Gasteiger partial charge in [-0.25, -0.2) is 0 Å². The van der Waals surface area contributed by atoms with Crippen molar-refractivity contribution in [3.05, 3.63) is 0 Å². The molecule has 3 nitrogen and oxygen atoms in total. The number of hydrogen-bond donors (Lipinski definition) is 1. The van der Waals surface area contributed by atoms with Crippen LogP contribution in [0.5, 0.6) is 0 Å². The summed E-state index contributed by atoms with van der Waals surface area (Å²) < 4.78 is 6.13. The van der Waals surface area contributed by atoms with E-state index in [9.17, 15) is 5.11 Å². The SMILES string of the molecule is CC1(C)CC(N2CCC[C@H]2CO)C(C)(C)O1. The van der Waals surface area contributed by atoms with E-state index in [1.165, 1.54) is 6.42 Å². The lowest BCUT2D eigenvalue weighted by Crippen LogP contribution is -2.49. The zero-order valence-corrected chi connectivity index (χ0v) is 11.0. The predicted octanol–water partition coefficient (Wildman–Crippen LogP) is 1.79. The molecular formula is C13H25NO2. The number of likely N-dealkylation sites (tertiary alicyclic amines) is 1. The van der Waals surface area contributed by atoms with Crippen molar-refractivity contribution in [3.63, 3.8) is 0 Å². The van der Waals surface area contributed by atoms with E-state index in [4.69, 9.17) is 4.74 Å². The minimum absolute atomic E-state index is 0.0310. The van der Waals surface area contributed by atoms with Gasteiger partial charge in [0.1, 0.15) is 0 Å². The summed E-state index contributed by atoms with van der Waals surface area (Å²) in [7, 11) is 0. The fourth-order valence-corrected chi connectivity index (χ4v) is 3.51. The Morgan fingerprint density at radius 2 is 2.00 bits per heavy atom. The molecule has 0 radical (unpaired) electrons. The van der Waals surface area contributed by atoms with Crippen molar-refractivity contribution in [2.24, 2.45) is 0 Å². The number of aliphatic hydroxyl groups excluding tert-OH is 1. The third-order valence-electron chi connectivity index (χ3n) is 4.06. The first kappa shape index (κ1) is 12.3. The van der Waals surface area contributed by atoms with Gasteiger partial charge in [0.25, 0.3) is 0 Å². The van der Waals surface area contributed by atoms with Gasteiger partial charge in [-0.05, 0) is 53.5 Å². The first-order valence-corrected chi connectivity index (χ1v) is 6.42. The summed E-state index contributed by atoms with van der Waals surface area (Å²) >= 11 is 0. The van der Waals surface area contributed by atoms with Gasteiger partial charge in [0, 0.05) is 12.1 Å². The van der Waals surface area contributed by atoms with Gasteiger partial charge >= 0.3 is 0 Å². The van der Waals surface area contributed by atoms with Crippen molar-refractivity contribution < 1.29 is 9.84 Å². The number of nitrogens with zero attached hydrogens (tertiary/aromatic N) is 1. The lowest BCUT2D eigenvalue weighted by atomic mass is 9.92. The number of rotatable bonds is 2. The molecule has 94 valence electrons. The maximum atomic E-state index is 9.41. The molecule has 2 fully saturated rings. The monoisotopic (exact) mass is 227 g/mol. The smallest absolute Gasteiger partial charge is 0.0789 e. The maximum Gasteiger partial charge on any atom is 0.0789 e. The molecule has 1 unspecified atom stereocenters. The summed E-state index contributed by atoms with van der Waals surface area (Å²) in [4.78, 5) is 2.47. The Morgan fingerprint density at radius 3 is 2.50 bits per heavy atom. The van der Waals surface area contributed by atoms with Crippen LogP contribution in [0, 0.1) is 0 Å². The zero-order chi connectivity index (χ0) is 12.0. The highest BCUT2D eigenvalue weighted by molar-refractivity contribution is 5.02. The average molecular weight is 227 g/mol. The second-order valence-corrected chi connectivity index (χ2v) is 6.40. The van der Waals surface area contributed by atoms with Crippen molar-refractivity contribution in [2.45, 2.75) is 70.2 Å². The standard InChI is InChI=1S/C13H25NO2/c1-12(2)8-11(13(3,4)16-12)14-7-5-6-10(14)9-15/h10-11,15H,5-9H2,1-4H3/t10-,11?/m0/s1. The second-order valence-electron chi connectivity index (χ2n) is 6.40. The van der Waals surface area contributed by atoms with E-state index in [2.05, 4.69) is 32.6 Å². The molecule has 0 aromatic heterocycles. The van der Waals surface area contributed by atoms with Crippen LogP contribution >= 0.6 is 0 Å². The Morgan fingerprint density at radius 1 is 1.31 bits per heavy atom. The first-order valence-electron chi connectivity index (χ1n) is 6.42. The third-order valence-corrected chi connectivity index (χ3v) is 4.06. The molecule has 0 spiro atoms. The van der Waals surface area contributed by atoms with E-state index in [0.717, 1.165) is 19.4 Å². The topological polar surface area (TPSA) is 32.7 Å². The van der Waals surface area contributed by atoms with Gasteiger partial charge in [0.2, 0.25) is 0 Å². The molecule has 2 aliphatic heterocycles. The molecule has 2 saturated heterocycles. The highest BCUT2D eigenvalue weighted by Gasteiger charge is 2.50. The Hall–Kier alpha value is -0.120. The van der Waals surface area contributed by atoms with Crippen LogP contribution < -0.4 is 0 Å². The highest BCUT2D eigenvalue weighted by Crippen LogP contribution is 2.42. The van der Waals surface area contributed by atoms with Crippen LogP contribution in [0.1, 0.15) is 47.0 Å². The number of aliphatic hydroxyl groups is 1. The Kier molecular flexibility index (Phi) is 3.06. The molecule has 16 heavy (non-hydrogen) atoms. The quantitative estimate of drug-likeness (QED) is 0.780. The molecule has 2 rings (SSSR count). The second kappa shape index (κ2) is 3.97.